The maximum atomic E-state index is 12.0. The van der Waals surface area contributed by atoms with E-state index in [2.05, 4.69) is 4.98 Å². The van der Waals surface area contributed by atoms with E-state index in [1.807, 2.05) is 0 Å². The van der Waals surface area contributed by atoms with E-state index < -0.39 is 11.8 Å². The average Bonchev–Trinajstić information content (AvgIpc) is 2.93. The summed E-state index contributed by atoms with van der Waals surface area (Å²) in [6.45, 7) is 0.0792. The normalized spacial score (nSPS) is 14.1. The van der Waals surface area contributed by atoms with Crippen molar-refractivity contribution in [3.05, 3.63) is 50.9 Å². The van der Waals surface area contributed by atoms with E-state index in [9.17, 15) is 9.59 Å². The molecule has 0 aliphatic carbocycles. The van der Waals surface area contributed by atoms with E-state index in [1.165, 1.54) is 11.3 Å². The summed E-state index contributed by atoms with van der Waals surface area (Å²) in [7, 11) is 0. The summed E-state index contributed by atoms with van der Waals surface area (Å²) < 4.78 is 0.390. The van der Waals surface area contributed by atoms with Gasteiger partial charge in [-0.2, -0.15) is 0 Å². The largest absolute Gasteiger partial charge is 0.285 e. The van der Waals surface area contributed by atoms with Gasteiger partial charge in [0, 0.05) is 6.20 Å². The summed E-state index contributed by atoms with van der Waals surface area (Å²) in [6, 6.07) is 6.61. The number of imide groups is 1. The third-order valence-corrected chi connectivity index (χ3v) is 3.71. The fraction of sp³-hybridized carbons (Fsp3) is 0.0833. The predicted octanol–water partition coefficient (Wildman–Crippen LogP) is 2.52. The molecule has 2 heterocycles. The third kappa shape index (κ3) is 2.14. The number of fused-ring (bicyclic) bond motifs is 1. The van der Waals surface area contributed by atoms with Crippen LogP contribution in [0.2, 0.25) is 4.47 Å². The van der Waals surface area contributed by atoms with Crippen LogP contribution in [0.25, 0.3) is 0 Å². The number of aromatic nitrogens is 1. The van der Waals surface area contributed by atoms with Gasteiger partial charge < -0.3 is 0 Å². The summed E-state index contributed by atoms with van der Waals surface area (Å²) in [5.74, 6) is -0.896. The van der Waals surface area contributed by atoms with Crippen molar-refractivity contribution in [2.24, 2.45) is 0 Å². The zero-order chi connectivity index (χ0) is 13.4. The van der Waals surface area contributed by atoms with E-state index >= 15 is 0 Å². The Morgan fingerprint density at radius 1 is 1.21 bits per heavy atom. The Balaban J connectivity index is 1.77. The number of hydrogen-bond donors (Lipinski definition) is 0. The number of hydrogen-bond acceptors (Lipinski definition) is 5. The van der Waals surface area contributed by atoms with Crippen LogP contribution in [0.1, 0.15) is 25.6 Å². The number of halogens is 1. The van der Waals surface area contributed by atoms with Crippen molar-refractivity contribution in [3.63, 3.8) is 0 Å². The standard InChI is InChI=1S/C12H7ClN2O3S/c13-12-14-5-7(19-12)6-18-15-10(16)8-3-1-2-4-9(8)11(15)17/h1-5H,6H2. The second-order valence-electron chi connectivity index (χ2n) is 3.80. The predicted molar refractivity (Wildman–Crippen MR) is 68.9 cm³/mol. The number of hydroxylamine groups is 2. The second kappa shape index (κ2) is 4.73. The van der Waals surface area contributed by atoms with Crippen LogP contribution in [0.15, 0.2) is 30.5 Å². The fourth-order valence-corrected chi connectivity index (χ4v) is 2.65. The number of amides is 2. The van der Waals surface area contributed by atoms with Crippen molar-refractivity contribution >= 4 is 34.8 Å². The maximum Gasteiger partial charge on any atom is 0.285 e. The van der Waals surface area contributed by atoms with E-state index in [0.717, 1.165) is 9.94 Å². The molecule has 5 nitrogen and oxygen atoms in total. The molecule has 2 amide bonds. The quantitative estimate of drug-likeness (QED) is 0.816. The molecule has 0 bridgehead atoms. The lowest BCUT2D eigenvalue weighted by Crippen LogP contribution is -2.29. The monoisotopic (exact) mass is 294 g/mol. The molecule has 0 saturated heterocycles. The van der Waals surface area contributed by atoms with Gasteiger partial charge in [-0.3, -0.25) is 14.4 Å². The van der Waals surface area contributed by atoms with Gasteiger partial charge in [-0.25, -0.2) is 4.98 Å². The minimum Gasteiger partial charge on any atom is -0.266 e. The lowest BCUT2D eigenvalue weighted by Gasteiger charge is -2.11. The highest BCUT2D eigenvalue weighted by Gasteiger charge is 2.36. The van der Waals surface area contributed by atoms with Crippen molar-refractivity contribution < 1.29 is 14.4 Å². The van der Waals surface area contributed by atoms with Gasteiger partial charge in [0.05, 0.1) is 16.0 Å². The van der Waals surface area contributed by atoms with Gasteiger partial charge in [0.1, 0.15) is 6.61 Å². The first kappa shape index (κ1) is 12.3. The Labute approximate surface area is 117 Å². The van der Waals surface area contributed by atoms with Crippen LogP contribution in [-0.4, -0.2) is 21.9 Å². The molecule has 1 aromatic carbocycles. The number of rotatable bonds is 3. The van der Waals surface area contributed by atoms with Crippen molar-refractivity contribution in [3.8, 4) is 0 Å². The summed E-state index contributed by atoms with van der Waals surface area (Å²) in [5, 5.41) is 0.776. The highest BCUT2D eigenvalue weighted by molar-refractivity contribution is 7.15. The van der Waals surface area contributed by atoms with Crippen LogP contribution >= 0.6 is 22.9 Å². The lowest BCUT2D eigenvalue weighted by atomic mass is 10.1. The minimum absolute atomic E-state index is 0.0792. The van der Waals surface area contributed by atoms with E-state index in [0.29, 0.717) is 15.6 Å². The van der Waals surface area contributed by atoms with Crippen molar-refractivity contribution in [2.45, 2.75) is 6.61 Å². The minimum atomic E-state index is -0.448. The molecular weight excluding hydrogens is 288 g/mol. The van der Waals surface area contributed by atoms with Gasteiger partial charge in [-0.1, -0.05) is 23.7 Å². The number of carbonyl (C=O) groups is 2. The molecule has 7 heteroatoms. The van der Waals surface area contributed by atoms with E-state index in [-0.39, 0.29) is 6.61 Å². The highest BCUT2D eigenvalue weighted by Crippen LogP contribution is 2.24. The fourth-order valence-electron chi connectivity index (χ4n) is 1.76. The van der Waals surface area contributed by atoms with Crippen molar-refractivity contribution in [1.29, 1.82) is 0 Å². The van der Waals surface area contributed by atoms with Gasteiger partial charge in [0.2, 0.25) is 0 Å². The third-order valence-electron chi connectivity index (χ3n) is 2.62. The molecule has 1 aromatic heterocycles. The molecular formula is C12H7ClN2O3S. The Morgan fingerprint density at radius 3 is 2.37 bits per heavy atom. The Morgan fingerprint density at radius 2 is 1.84 bits per heavy atom. The van der Waals surface area contributed by atoms with Crippen LogP contribution in [0.5, 0.6) is 0 Å². The summed E-state index contributed by atoms with van der Waals surface area (Å²) in [6.07, 6.45) is 1.55. The summed E-state index contributed by atoms with van der Waals surface area (Å²) in [5.41, 5.74) is 0.713. The van der Waals surface area contributed by atoms with E-state index in [1.54, 1.807) is 30.5 Å². The Bertz CT molecular complexity index is 635. The highest BCUT2D eigenvalue weighted by atomic mass is 35.5. The van der Waals surface area contributed by atoms with Crippen LogP contribution < -0.4 is 0 Å². The van der Waals surface area contributed by atoms with Gasteiger partial charge in [0.25, 0.3) is 11.8 Å². The maximum absolute atomic E-state index is 12.0. The Hall–Kier alpha value is -1.76. The van der Waals surface area contributed by atoms with Gasteiger partial charge >= 0.3 is 0 Å². The van der Waals surface area contributed by atoms with Crippen LogP contribution in [0, 0.1) is 0 Å². The topological polar surface area (TPSA) is 59.5 Å². The first-order chi connectivity index (χ1) is 9.16. The van der Waals surface area contributed by atoms with Crippen molar-refractivity contribution in [2.75, 3.05) is 0 Å². The average molecular weight is 295 g/mol. The van der Waals surface area contributed by atoms with Crippen LogP contribution in [0.4, 0.5) is 0 Å². The molecule has 96 valence electrons. The molecule has 0 fully saturated rings. The van der Waals surface area contributed by atoms with E-state index in [4.69, 9.17) is 16.4 Å². The molecule has 0 spiro atoms. The van der Waals surface area contributed by atoms with Crippen LogP contribution in [0.3, 0.4) is 0 Å². The SMILES string of the molecule is O=C1c2ccccc2C(=O)N1OCc1cnc(Cl)s1. The number of benzene rings is 1. The summed E-state index contributed by atoms with van der Waals surface area (Å²) in [4.78, 5) is 33.8. The number of nitrogens with zero attached hydrogens (tertiary/aromatic N) is 2. The number of carbonyl (C=O) groups excluding carboxylic acids is 2. The molecule has 2 aromatic rings. The molecule has 0 N–H and O–H groups in total. The molecule has 19 heavy (non-hydrogen) atoms. The van der Waals surface area contributed by atoms with Gasteiger partial charge in [-0.05, 0) is 12.1 Å². The van der Waals surface area contributed by atoms with Gasteiger partial charge in [-0.15, -0.1) is 16.4 Å². The molecule has 1 aliphatic heterocycles. The zero-order valence-electron chi connectivity index (χ0n) is 9.50. The molecule has 0 saturated carbocycles. The first-order valence-corrected chi connectivity index (χ1v) is 6.57. The smallest absolute Gasteiger partial charge is 0.266 e. The molecule has 3 rings (SSSR count). The number of thiazole rings is 1. The first-order valence-electron chi connectivity index (χ1n) is 5.38. The molecule has 0 radical (unpaired) electrons. The van der Waals surface area contributed by atoms with Gasteiger partial charge in [0.15, 0.2) is 4.47 Å². The molecule has 1 aliphatic rings. The second-order valence-corrected chi connectivity index (χ2v) is 5.50. The zero-order valence-corrected chi connectivity index (χ0v) is 11.1. The van der Waals surface area contributed by atoms with Crippen molar-refractivity contribution in [1.82, 2.24) is 10.0 Å². The molecule has 0 atom stereocenters. The summed E-state index contributed by atoms with van der Waals surface area (Å²) >= 11 is 6.93. The molecule has 0 unspecified atom stereocenters. The van der Waals surface area contributed by atoms with Crippen LogP contribution in [-0.2, 0) is 11.4 Å². The lowest BCUT2D eigenvalue weighted by molar-refractivity contribution is -0.0998. The Kier molecular flexibility index (Phi) is 3.06.